The molecular weight excluding hydrogens is 244 g/mol. The minimum Gasteiger partial charge on any atom is -0.454 e. The third-order valence-corrected chi connectivity index (χ3v) is 3.01. The van der Waals surface area contributed by atoms with Crippen LogP contribution in [0.15, 0.2) is 30.9 Å². The third-order valence-electron chi connectivity index (χ3n) is 3.01. The highest BCUT2D eigenvalue weighted by Crippen LogP contribution is 2.34. The smallest absolute Gasteiger partial charge is 0.237 e. The molecule has 2 atom stereocenters. The fourth-order valence-electron chi connectivity index (χ4n) is 1.87. The van der Waals surface area contributed by atoms with Crippen molar-refractivity contribution in [1.29, 1.82) is 0 Å². The van der Waals surface area contributed by atoms with Gasteiger partial charge in [-0.25, -0.2) is 0 Å². The van der Waals surface area contributed by atoms with Gasteiger partial charge < -0.3 is 20.5 Å². The lowest BCUT2D eigenvalue weighted by molar-refractivity contribution is -0.122. The van der Waals surface area contributed by atoms with Crippen LogP contribution in [-0.4, -0.2) is 18.7 Å². The molecule has 0 fully saturated rings. The van der Waals surface area contributed by atoms with E-state index in [0.29, 0.717) is 12.2 Å². The van der Waals surface area contributed by atoms with Crippen LogP contribution in [-0.2, 0) is 4.79 Å². The zero-order valence-corrected chi connectivity index (χ0v) is 10.9. The van der Waals surface area contributed by atoms with E-state index in [2.05, 4.69) is 11.9 Å². The average molecular weight is 262 g/mol. The molecule has 1 aromatic carbocycles. The summed E-state index contributed by atoms with van der Waals surface area (Å²) in [5.74, 6) is 1.24. The van der Waals surface area contributed by atoms with Crippen molar-refractivity contribution in [2.75, 3.05) is 6.79 Å². The van der Waals surface area contributed by atoms with Gasteiger partial charge in [0, 0.05) is 0 Å². The summed E-state index contributed by atoms with van der Waals surface area (Å²) in [7, 11) is 0. The van der Waals surface area contributed by atoms with Crippen molar-refractivity contribution < 1.29 is 14.3 Å². The first-order valence-electron chi connectivity index (χ1n) is 6.18. The molecule has 5 heteroatoms. The molecule has 0 saturated heterocycles. The summed E-state index contributed by atoms with van der Waals surface area (Å²) in [6.07, 6.45) is 2.09. The zero-order valence-electron chi connectivity index (χ0n) is 10.9. The van der Waals surface area contributed by atoms with Crippen LogP contribution in [0.4, 0.5) is 0 Å². The monoisotopic (exact) mass is 262 g/mol. The molecule has 0 bridgehead atoms. The number of rotatable bonds is 5. The molecule has 0 aromatic heterocycles. The van der Waals surface area contributed by atoms with E-state index >= 15 is 0 Å². The Kier molecular flexibility index (Phi) is 4.06. The van der Waals surface area contributed by atoms with Gasteiger partial charge in [0.2, 0.25) is 12.7 Å². The van der Waals surface area contributed by atoms with Gasteiger partial charge in [-0.15, -0.1) is 6.58 Å². The number of carbonyl (C=O) groups is 1. The van der Waals surface area contributed by atoms with Crippen LogP contribution in [0.25, 0.3) is 0 Å². The van der Waals surface area contributed by atoms with Gasteiger partial charge in [-0.05, 0) is 31.0 Å². The number of carbonyl (C=O) groups excluding carboxylic acids is 1. The molecule has 5 nitrogen and oxygen atoms in total. The maximum absolute atomic E-state index is 11.8. The van der Waals surface area contributed by atoms with Crippen LogP contribution in [0, 0.1) is 0 Å². The number of nitrogens with two attached hydrogens (primary N) is 1. The van der Waals surface area contributed by atoms with E-state index in [4.69, 9.17) is 15.2 Å². The lowest BCUT2D eigenvalue weighted by Crippen LogP contribution is -2.41. The van der Waals surface area contributed by atoms with E-state index in [1.54, 1.807) is 6.08 Å². The number of amides is 1. The molecule has 1 aromatic rings. The van der Waals surface area contributed by atoms with Crippen molar-refractivity contribution >= 4 is 5.91 Å². The minimum absolute atomic E-state index is 0.141. The maximum atomic E-state index is 11.8. The first-order chi connectivity index (χ1) is 9.11. The van der Waals surface area contributed by atoms with Crippen LogP contribution in [0.5, 0.6) is 11.5 Å². The third kappa shape index (κ3) is 3.06. The van der Waals surface area contributed by atoms with E-state index in [9.17, 15) is 4.79 Å². The summed E-state index contributed by atoms with van der Waals surface area (Å²) < 4.78 is 10.6. The zero-order chi connectivity index (χ0) is 13.8. The maximum Gasteiger partial charge on any atom is 0.237 e. The van der Waals surface area contributed by atoms with Gasteiger partial charge in [0.1, 0.15) is 0 Å². The fourth-order valence-corrected chi connectivity index (χ4v) is 1.87. The SMILES string of the molecule is C=CCC(N)C(=O)NC(C)c1ccc2c(c1)OCO2. The van der Waals surface area contributed by atoms with Crippen molar-refractivity contribution in [2.24, 2.45) is 5.73 Å². The Morgan fingerprint density at radius 2 is 2.26 bits per heavy atom. The molecule has 1 amide bonds. The number of hydrogen-bond donors (Lipinski definition) is 2. The minimum atomic E-state index is -0.561. The molecule has 0 radical (unpaired) electrons. The van der Waals surface area contributed by atoms with E-state index in [1.165, 1.54) is 0 Å². The largest absolute Gasteiger partial charge is 0.454 e. The molecule has 1 heterocycles. The second-order valence-corrected chi connectivity index (χ2v) is 4.47. The summed E-state index contributed by atoms with van der Waals surface area (Å²) in [4.78, 5) is 11.8. The summed E-state index contributed by atoms with van der Waals surface area (Å²) in [5.41, 5.74) is 6.66. The molecule has 2 unspecified atom stereocenters. The van der Waals surface area contributed by atoms with Crippen molar-refractivity contribution in [3.63, 3.8) is 0 Å². The lowest BCUT2D eigenvalue weighted by atomic mass is 10.1. The van der Waals surface area contributed by atoms with Crippen LogP contribution >= 0.6 is 0 Å². The van der Waals surface area contributed by atoms with Gasteiger partial charge in [-0.3, -0.25) is 4.79 Å². The first-order valence-corrected chi connectivity index (χ1v) is 6.18. The van der Waals surface area contributed by atoms with Crippen molar-refractivity contribution in [3.8, 4) is 11.5 Å². The lowest BCUT2D eigenvalue weighted by Gasteiger charge is -2.17. The van der Waals surface area contributed by atoms with Crippen molar-refractivity contribution in [3.05, 3.63) is 36.4 Å². The predicted octanol–water partition coefficient (Wildman–Crippen LogP) is 1.50. The highest BCUT2D eigenvalue weighted by atomic mass is 16.7. The molecule has 19 heavy (non-hydrogen) atoms. The first kappa shape index (κ1) is 13.4. The number of nitrogens with one attached hydrogen (secondary N) is 1. The van der Waals surface area contributed by atoms with Gasteiger partial charge in [-0.2, -0.15) is 0 Å². The Morgan fingerprint density at radius 3 is 3.00 bits per heavy atom. The molecule has 1 aliphatic rings. The van der Waals surface area contributed by atoms with Crippen LogP contribution < -0.4 is 20.5 Å². The van der Waals surface area contributed by atoms with Gasteiger partial charge in [0.05, 0.1) is 12.1 Å². The molecule has 0 aliphatic carbocycles. The van der Waals surface area contributed by atoms with Crippen LogP contribution in [0.1, 0.15) is 24.9 Å². The Labute approximate surface area is 112 Å². The Morgan fingerprint density at radius 1 is 1.53 bits per heavy atom. The Bertz CT molecular complexity index is 488. The van der Waals surface area contributed by atoms with Gasteiger partial charge in [0.15, 0.2) is 11.5 Å². The number of hydrogen-bond acceptors (Lipinski definition) is 4. The van der Waals surface area contributed by atoms with E-state index < -0.39 is 6.04 Å². The predicted molar refractivity (Wildman–Crippen MR) is 71.9 cm³/mol. The molecule has 102 valence electrons. The molecule has 3 N–H and O–H groups in total. The second-order valence-electron chi connectivity index (χ2n) is 4.47. The van der Waals surface area contributed by atoms with Crippen molar-refractivity contribution in [1.82, 2.24) is 5.32 Å². The normalized spacial score (nSPS) is 15.7. The van der Waals surface area contributed by atoms with Gasteiger partial charge in [-0.1, -0.05) is 12.1 Å². The van der Waals surface area contributed by atoms with Gasteiger partial charge in [0.25, 0.3) is 0 Å². The highest BCUT2D eigenvalue weighted by molar-refractivity contribution is 5.82. The summed E-state index contributed by atoms with van der Waals surface area (Å²) in [5, 5.41) is 2.86. The Hall–Kier alpha value is -2.01. The number of benzene rings is 1. The average Bonchev–Trinajstić information content (AvgIpc) is 2.85. The van der Waals surface area contributed by atoms with E-state index in [1.807, 2.05) is 25.1 Å². The number of fused-ring (bicyclic) bond motifs is 1. The summed E-state index contributed by atoms with van der Waals surface area (Å²) in [6, 6.07) is 4.90. The van der Waals surface area contributed by atoms with Crippen LogP contribution in [0.2, 0.25) is 0 Å². The quantitative estimate of drug-likeness (QED) is 0.789. The molecule has 2 rings (SSSR count). The standard InChI is InChI=1S/C14H18N2O3/c1-3-4-11(15)14(17)16-9(2)10-5-6-12-13(7-10)19-8-18-12/h3,5-7,9,11H,1,4,8,15H2,2H3,(H,16,17). The fraction of sp³-hybridized carbons (Fsp3) is 0.357. The molecule has 1 aliphatic heterocycles. The van der Waals surface area contributed by atoms with Gasteiger partial charge >= 0.3 is 0 Å². The molecule has 0 saturated carbocycles. The molecule has 0 spiro atoms. The second kappa shape index (κ2) is 5.75. The summed E-state index contributed by atoms with van der Waals surface area (Å²) in [6.45, 7) is 5.71. The van der Waals surface area contributed by atoms with E-state index in [-0.39, 0.29) is 18.7 Å². The summed E-state index contributed by atoms with van der Waals surface area (Å²) >= 11 is 0. The topological polar surface area (TPSA) is 73.6 Å². The van der Waals surface area contributed by atoms with E-state index in [0.717, 1.165) is 11.3 Å². The Balaban J connectivity index is 2.01. The number of ether oxygens (including phenoxy) is 2. The van der Waals surface area contributed by atoms with Crippen molar-refractivity contribution in [2.45, 2.75) is 25.4 Å². The van der Waals surface area contributed by atoms with Crippen LogP contribution in [0.3, 0.4) is 0 Å². The highest BCUT2D eigenvalue weighted by Gasteiger charge is 2.18. The molecular formula is C14H18N2O3.